The van der Waals surface area contributed by atoms with Crippen LogP contribution in [0.4, 0.5) is 5.69 Å². The van der Waals surface area contributed by atoms with Crippen LogP contribution in [0.5, 0.6) is 11.5 Å². The van der Waals surface area contributed by atoms with Crippen LogP contribution in [0.3, 0.4) is 0 Å². The molecule has 0 spiro atoms. The maximum atomic E-state index is 13.5. The van der Waals surface area contributed by atoms with Crippen molar-refractivity contribution in [2.45, 2.75) is 64.7 Å². The quantitative estimate of drug-likeness (QED) is 0.569. The van der Waals surface area contributed by atoms with Gasteiger partial charge in [0.25, 0.3) is 0 Å². The number of anilines is 1. The van der Waals surface area contributed by atoms with E-state index in [4.69, 9.17) is 4.74 Å². The highest BCUT2D eigenvalue weighted by Crippen LogP contribution is 2.40. The molecule has 4 heteroatoms. The molecule has 0 aliphatic heterocycles. The highest BCUT2D eigenvalue weighted by molar-refractivity contribution is 5.95. The zero-order valence-electron chi connectivity index (χ0n) is 18.7. The molecule has 0 bridgehead atoms. The van der Waals surface area contributed by atoms with Gasteiger partial charge in [-0.25, -0.2) is 0 Å². The lowest BCUT2D eigenvalue weighted by Gasteiger charge is -2.30. The van der Waals surface area contributed by atoms with Crippen LogP contribution in [-0.4, -0.2) is 18.1 Å². The van der Waals surface area contributed by atoms with E-state index in [2.05, 4.69) is 17.4 Å². The van der Waals surface area contributed by atoms with Gasteiger partial charge in [-0.1, -0.05) is 70.4 Å². The number of rotatable bonds is 6. The third-order valence-electron chi connectivity index (χ3n) is 6.24. The van der Waals surface area contributed by atoms with Gasteiger partial charge in [0, 0.05) is 17.5 Å². The van der Waals surface area contributed by atoms with Crippen LogP contribution in [-0.2, 0) is 16.6 Å². The van der Waals surface area contributed by atoms with E-state index >= 15 is 0 Å². The van der Waals surface area contributed by atoms with Crippen molar-refractivity contribution in [1.82, 2.24) is 0 Å². The number of nitrogens with one attached hydrogen (secondary N) is 1. The van der Waals surface area contributed by atoms with E-state index in [1.807, 2.05) is 45.0 Å². The summed E-state index contributed by atoms with van der Waals surface area (Å²) in [6.45, 7) is 6.11. The molecule has 2 aromatic rings. The number of aromatic hydroxyl groups is 1. The molecular formula is C26H35NO3. The summed E-state index contributed by atoms with van der Waals surface area (Å²) < 4.78 is 5.44. The number of hydrogen-bond donors (Lipinski definition) is 2. The first-order valence-corrected chi connectivity index (χ1v) is 11.1. The molecule has 162 valence electrons. The van der Waals surface area contributed by atoms with Gasteiger partial charge in [0.15, 0.2) is 0 Å². The molecule has 4 nitrogen and oxygen atoms in total. The number of carbonyl (C=O) groups excluding carboxylic acids is 1. The second-order valence-corrected chi connectivity index (χ2v) is 9.50. The van der Waals surface area contributed by atoms with Gasteiger partial charge >= 0.3 is 0 Å². The van der Waals surface area contributed by atoms with Crippen LogP contribution in [0.1, 0.15) is 64.0 Å². The minimum absolute atomic E-state index is 0.0193. The van der Waals surface area contributed by atoms with Crippen molar-refractivity contribution < 1.29 is 14.6 Å². The van der Waals surface area contributed by atoms with Crippen LogP contribution < -0.4 is 10.1 Å². The standard InChI is InChI=1S/C26H35NO3/c1-26(2,3)22-16-20(30-4)17-23(24(22)28)27-25(29)21(19-13-9-6-10-14-19)15-18-11-7-5-8-12-18/h5,7-8,11-12,16-17,19,21,28H,6,9-10,13-15H2,1-4H3,(H,27,29). The number of amides is 1. The van der Waals surface area contributed by atoms with E-state index in [0.717, 1.165) is 18.4 Å². The summed E-state index contributed by atoms with van der Waals surface area (Å²) in [6, 6.07) is 13.8. The van der Waals surface area contributed by atoms with Crippen molar-refractivity contribution in [3.05, 3.63) is 53.6 Å². The molecule has 1 atom stereocenters. The lowest BCUT2D eigenvalue weighted by atomic mass is 9.77. The van der Waals surface area contributed by atoms with E-state index in [1.165, 1.54) is 24.8 Å². The Hall–Kier alpha value is -2.49. The smallest absolute Gasteiger partial charge is 0.228 e. The molecule has 2 N–H and O–H groups in total. The Morgan fingerprint density at radius 2 is 1.80 bits per heavy atom. The second-order valence-electron chi connectivity index (χ2n) is 9.50. The Balaban J connectivity index is 1.89. The van der Waals surface area contributed by atoms with Gasteiger partial charge in [-0.2, -0.15) is 0 Å². The second kappa shape index (κ2) is 9.55. The summed E-state index contributed by atoms with van der Waals surface area (Å²) in [4.78, 5) is 13.5. The molecule has 1 unspecified atom stereocenters. The van der Waals surface area contributed by atoms with Gasteiger partial charge in [0.05, 0.1) is 12.8 Å². The average molecular weight is 410 g/mol. The van der Waals surface area contributed by atoms with Crippen molar-refractivity contribution in [1.29, 1.82) is 0 Å². The molecule has 1 amide bonds. The van der Waals surface area contributed by atoms with Gasteiger partial charge < -0.3 is 15.2 Å². The fourth-order valence-electron chi connectivity index (χ4n) is 4.50. The molecule has 1 saturated carbocycles. The van der Waals surface area contributed by atoms with Gasteiger partial charge in [-0.05, 0) is 42.2 Å². The molecule has 3 rings (SSSR count). The van der Waals surface area contributed by atoms with Crippen LogP contribution in [0.25, 0.3) is 0 Å². The maximum absolute atomic E-state index is 13.5. The highest BCUT2D eigenvalue weighted by atomic mass is 16.5. The number of ether oxygens (including phenoxy) is 1. The topological polar surface area (TPSA) is 58.6 Å². The lowest BCUT2D eigenvalue weighted by molar-refractivity contribution is -0.121. The summed E-state index contributed by atoms with van der Waals surface area (Å²) in [5.74, 6) is 0.989. The van der Waals surface area contributed by atoms with E-state index in [0.29, 0.717) is 23.8 Å². The molecule has 0 aromatic heterocycles. The molecule has 1 aliphatic carbocycles. The number of carbonyl (C=O) groups is 1. The fraction of sp³-hybridized carbons (Fsp3) is 0.500. The predicted molar refractivity (Wildman–Crippen MR) is 122 cm³/mol. The Labute approximate surface area is 180 Å². The van der Waals surface area contributed by atoms with Crippen LogP contribution in [0.15, 0.2) is 42.5 Å². The molecule has 1 aliphatic rings. The molecule has 0 saturated heterocycles. The molecular weight excluding hydrogens is 374 g/mol. The summed E-state index contributed by atoms with van der Waals surface area (Å²) in [5.41, 5.74) is 2.09. The molecule has 1 fully saturated rings. The first-order valence-electron chi connectivity index (χ1n) is 11.1. The minimum atomic E-state index is -0.273. The molecule has 0 radical (unpaired) electrons. The Kier molecular flexibility index (Phi) is 7.06. The molecule has 0 heterocycles. The summed E-state index contributed by atoms with van der Waals surface area (Å²) in [5, 5.41) is 14.0. The number of methoxy groups -OCH3 is 1. The van der Waals surface area contributed by atoms with E-state index in [1.54, 1.807) is 13.2 Å². The SMILES string of the molecule is COc1cc(NC(=O)C(Cc2ccccc2)C2CCCCC2)c(O)c(C(C)(C)C)c1. The lowest BCUT2D eigenvalue weighted by Crippen LogP contribution is -2.32. The van der Waals surface area contributed by atoms with E-state index < -0.39 is 0 Å². The maximum Gasteiger partial charge on any atom is 0.228 e. The Morgan fingerprint density at radius 1 is 1.13 bits per heavy atom. The van der Waals surface area contributed by atoms with Crippen molar-refractivity contribution in [3.63, 3.8) is 0 Å². The van der Waals surface area contributed by atoms with Gasteiger partial charge in [0.1, 0.15) is 11.5 Å². The number of phenols is 1. The van der Waals surface area contributed by atoms with Gasteiger partial charge in [-0.15, -0.1) is 0 Å². The fourth-order valence-corrected chi connectivity index (χ4v) is 4.50. The minimum Gasteiger partial charge on any atom is -0.505 e. The zero-order valence-corrected chi connectivity index (χ0v) is 18.7. The van der Waals surface area contributed by atoms with Gasteiger partial charge in [0.2, 0.25) is 5.91 Å². The summed E-state index contributed by atoms with van der Waals surface area (Å²) >= 11 is 0. The average Bonchev–Trinajstić information content (AvgIpc) is 2.74. The third kappa shape index (κ3) is 5.35. The Morgan fingerprint density at radius 3 is 2.40 bits per heavy atom. The number of hydrogen-bond acceptors (Lipinski definition) is 3. The van der Waals surface area contributed by atoms with E-state index in [-0.39, 0.29) is 23.0 Å². The highest BCUT2D eigenvalue weighted by Gasteiger charge is 2.31. The number of phenolic OH excluding ortho intramolecular Hbond substituents is 1. The third-order valence-corrected chi connectivity index (χ3v) is 6.24. The van der Waals surface area contributed by atoms with Crippen molar-refractivity contribution in [2.75, 3.05) is 12.4 Å². The van der Waals surface area contributed by atoms with E-state index in [9.17, 15) is 9.90 Å². The number of benzene rings is 2. The zero-order chi connectivity index (χ0) is 21.7. The van der Waals surface area contributed by atoms with Crippen molar-refractivity contribution in [2.24, 2.45) is 11.8 Å². The predicted octanol–water partition coefficient (Wildman–Crippen LogP) is 6.08. The summed E-state index contributed by atoms with van der Waals surface area (Å²) in [6.07, 6.45) is 6.50. The largest absolute Gasteiger partial charge is 0.505 e. The molecule has 30 heavy (non-hydrogen) atoms. The van der Waals surface area contributed by atoms with Crippen molar-refractivity contribution >= 4 is 11.6 Å². The van der Waals surface area contributed by atoms with Crippen molar-refractivity contribution in [3.8, 4) is 11.5 Å². The first-order chi connectivity index (χ1) is 14.3. The summed E-state index contributed by atoms with van der Waals surface area (Å²) in [7, 11) is 1.60. The van der Waals surface area contributed by atoms with Gasteiger partial charge in [-0.3, -0.25) is 4.79 Å². The van der Waals surface area contributed by atoms with Crippen LogP contribution in [0, 0.1) is 11.8 Å². The molecule has 2 aromatic carbocycles. The van der Waals surface area contributed by atoms with Crippen LogP contribution >= 0.6 is 0 Å². The first kappa shape index (κ1) is 22.2. The Bertz CT molecular complexity index is 849. The monoisotopic (exact) mass is 409 g/mol. The normalized spacial score (nSPS) is 16.1. The van der Waals surface area contributed by atoms with Crippen LogP contribution in [0.2, 0.25) is 0 Å².